The van der Waals surface area contributed by atoms with Crippen LogP contribution < -0.4 is 10.6 Å². The zero-order valence-corrected chi connectivity index (χ0v) is 11.4. The van der Waals surface area contributed by atoms with Crippen LogP contribution in [0.25, 0.3) is 0 Å². The Labute approximate surface area is 116 Å². The molecule has 0 bridgehead atoms. The molecule has 0 fully saturated rings. The van der Waals surface area contributed by atoms with Crippen LogP contribution in [0.4, 0.5) is 21.8 Å². The van der Waals surface area contributed by atoms with Crippen molar-refractivity contribution < 1.29 is 4.39 Å². The lowest BCUT2D eigenvalue weighted by molar-refractivity contribution is 0.628. The number of rotatable bonds is 4. The van der Waals surface area contributed by atoms with Crippen molar-refractivity contribution in [2.24, 2.45) is 0 Å². The van der Waals surface area contributed by atoms with E-state index in [0.717, 1.165) is 5.56 Å². The molecule has 1 heterocycles. The molecule has 0 aliphatic carbocycles. The van der Waals surface area contributed by atoms with Crippen LogP contribution >= 0.6 is 11.6 Å². The number of halogens is 2. The summed E-state index contributed by atoms with van der Waals surface area (Å²) in [6, 6.07) is 4.50. The number of anilines is 3. The molecular weight excluding hydrogens is 267 g/mol. The van der Waals surface area contributed by atoms with Crippen LogP contribution in [0.3, 0.4) is 0 Å². The van der Waals surface area contributed by atoms with Gasteiger partial charge in [-0.2, -0.15) is 4.98 Å². The molecule has 100 valence electrons. The molecule has 0 spiro atoms. The Morgan fingerprint density at radius 2 is 2.16 bits per heavy atom. The van der Waals surface area contributed by atoms with Crippen LogP contribution in [-0.2, 0) is 0 Å². The SMILES string of the molecule is CCNc1ncc(Cl)c(Nc2cc(F)ccc2C)n1. The number of benzene rings is 1. The van der Waals surface area contributed by atoms with Gasteiger partial charge < -0.3 is 10.6 Å². The summed E-state index contributed by atoms with van der Waals surface area (Å²) in [4.78, 5) is 8.28. The summed E-state index contributed by atoms with van der Waals surface area (Å²) in [6.07, 6.45) is 1.50. The second-order valence-electron chi connectivity index (χ2n) is 4.00. The Balaban J connectivity index is 2.31. The minimum Gasteiger partial charge on any atom is -0.354 e. The molecule has 0 aliphatic rings. The van der Waals surface area contributed by atoms with E-state index in [1.54, 1.807) is 6.07 Å². The summed E-state index contributed by atoms with van der Waals surface area (Å²) < 4.78 is 13.2. The van der Waals surface area contributed by atoms with E-state index in [9.17, 15) is 4.39 Å². The topological polar surface area (TPSA) is 49.8 Å². The predicted octanol–water partition coefficient (Wildman–Crippen LogP) is 3.75. The van der Waals surface area contributed by atoms with Crippen molar-refractivity contribution in [2.75, 3.05) is 17.2 Å². The number of aryl methyl sites for hydroxylation is 1. The summed E-state index contributed by atoms with van der Waals surface area (Å²) in [5.74, 6) is 0.606. The van der Waals surface area contributed by atoms with E-state index < -0.39 is 0 Å². The fourth-order valence-corrected chi connectivity index (χ4v) is 1.69. The monoisotopic (exact) mass is 280 g/mol. The van der Waals surface area contributed by atoms with E-state index in [2.05, 4.69) is 20.6 Å². The van der Waals surface area contributed by atoms with Crippen molar-refractivity contribution in [1.29, 1.82) is 0 Å². The number of hydrogen-bond acceptors (Lipinski definition) is 4. The maximum Gasteiger partial charge on any atom is 0.224 e. The van der Waals surface area contributed by atoms with Crippen LogP contribution in [0.1, 0.15) is 12.5 Å². The smallest absolute Gasteiger partial charge is 0.224 e. The Bertz CT molecular complexity index is 589. The van der Waals surface area contributed by atoms with Gasteiger partial charge >= 0.3 is 0 Å². The fraction of sp³-hybridized carbons (Fsp3) is 0.231. The average Bonchev–Trinajstić information content (AvgIpc) is 2.38. The highest BCUT2D eigenvalue weighted by molar-refractivity contribution is 6.32. The second-order valence-corrected chi connectivity index (χ2v) is 4.41. The van der Waals surface area contributed by atoms with Crippen molar-refractivity contribution in [3.8, 4) is 0 Å². The number of hydrogen-bond donors (Lipinski definition) is 2. The third kappa shape index (κ3) is 3.32. The first kappa shape index (κ1) is 13.5. The Morgan fingerprint density at radius 3 is 2.89 bits per heavy atom. The van der Waals surface area contributed by atoms with Gasteiger partial charge in [-0.15, -0.1) is 0 Å². The third-order valence-corrected chi connectivity index (χ3v) is 2.81. The Kier molecular flexibility index (Phi) is 4.16. The van der Waals surface area contributed by atoms with Gasteiger partial charge in [0.2, 0.25) is 5.95 Å². The summed E-state index contributed by atoms with van der Waals surface area (Å²) in [7, 11) is 0. The predicted molar refractivity (Wildman–Crippen MR) is 75.6 cm³/mol. The van der Waals surface area contributed by atoms with Gasteiger partial charge in [0.15, 0.2) is 5.82 Å². The van der Waals surface area contributed by atoms with E-state index in [-0.39, 0.29) is 5.82 Å². The molecule has 2 rings (SSSR count). The summed E-state index contributed by atoms with van der Waals surface area (Å²) in [6.45, 7) is 4.53. The van der Waals surface area contributed by atoms with Crippen LogP contribution in [0, 0.1) is 12.7 Å². The quantitative estimate of drug-likeness (QED) is 0.895. The van der Waals surface area contributed by atoms with Gasteiger partial charge in [0.1, 0.15) is 10.8 Å². The number of nitrogens with one attached hydrogen (secondary N) is 2. The van der Waals surface area contributed by atoms with Crippen molar-refractivity contribution in [1.82, 2.24) is 9.97 Å². The molecule has 0 atom stereocenters. The average molecular weight is 281 g/mol. The first-order valence-corrected chi connectivity index (χ1v) is 6.27. The van der Waals surface area contributed by atoms with E-state index in [1.807, 2.05) is 13.8 Å². The van der Waals surface area contributed by atoms with Gasteiger partial charge in [0.25, 0.3) is 0 Å². The summed E-state index contributed by atoms with van der Waals surface area (Å²) in [5.41, 5.74) is 1.53. The van der Waals surface area contributed by atoms with Crippen LogP contribution in [0.5, 0.6) is 0 Å². The van der Waals surface area contributed by atoms with E-state index >= 15 is 0 Å². The molecule has 0 aliphatic heterocycles. The molecule has 4 nitrogen and oxygen atoms in total. The molecule has 1 aromatic carbocycles. The van der Waals surface area contributed by atoms with Gasteiger partial charge in [-0.05, 0) is 31.5 Å². The molecule has 0 unspecified atom stereocenters. The molecule has 6 heteroatoms. The minimum absolute atomic E-state index is 0.315. The molecule has 2 N–H and O–H groups in total. The molecular formula is C13H14ClFN4. The Morgan fingerprint density at radius 1 is 1.37 bits per heavy atom. The standard InChI is InChI=1S/C13H14ClFN4/c1-3-16-13-17-7-10(14)12(19-13)18-11-6-9(15)5-4-8(11)2/h4-7H,3H2,1-2H3,(H2,16,17,18,19). The van der Waals surface area contributed by atoms with Gasteiger partial charge in [0.05, 0.1) is 6.20 Å². The highest BCUT2D eigenvalue weighted by Gasteiger charge is 2.07. The normalized spacial score (nSPS) is 10.3. The van der Waals surface area contributed by atoms with Crippen molar-refractivity contribution in [3.05, 3.63) is 40.8 Å². The zero-order chi connectivity index (χ0) is 13.8. The van der Waals surface area contributed by atoms with Crippen LogP contribution in [-0.4, -0.2) is 16.5 Å². The first-order chi connectivity index (χ1) is 9.10. The van der Waals surface area contributed by atoms with Gasteiger partial charge in [-0.3, -0.25) is 0 Å². The zero-order valence-electron chi connectivity index (χ0n) is 10.7. The third-order valence-electron chi connectivity index (χ3n) is 2.53. The lowest BCUT2D eigenvalue weighted by Crippen LogP contribution is -2.05. The Hall–Kier alpha value is -1.88. The van der Waals surface area contributed by atoms with Gasteiger partial charge in [0, 0.05) is 12.2 Å². The molecule has 0 saturated heterocycles. The van der Waals surface area contributed by atoms with E-state index in [0.29, 0.717) is 29.0 Å². The molecule has 2 aromatic rings. The van der Waals surface area contributed by atoms with Crippen LogP contribution in [0.15, 0.2) is 24.4 Å². The minimum atomic E-state index is -0.315. The highest BCUT2D eigenvalue weighted by Crippen LogP contribution is 2.26. The van der Waals surface area contributed by atoms with Gasteiger partial charge in [-0.1, -0.05) is 17.7 Å². The van der Waals surface area contributed by atoms with Crippen molar-refractivity contribution >= 4 is 29.1 Å². The number of nitrogens with zero attached hydrogens (tertiary/aromatic N) is 2. The lowest BCUT2D eigenvalue weighted by Gasteiger charge is -2.11. The molecule has 0 radical (unpaired) electrons. The molecule has 0 amide bonds. The van der Waals surface area contributed by atoms with E-state index in [4.69, 9.17) is 11.6 Å². The van der Waals surface area contributed by atoms with Crippen LogP contribution in [0.2, 0.25) is 5.02 Å². The van der Waals surface area contributed by atoms with Crippen molar-refractivity contribution in [2.45, 2.75) is 13.8 Å². The largest absolute Gasteiger partial charge is 0.354 e. The maximum absolute atomic E-state index is 13.2. The molecule has 19 heavy (non-hydrogen) atoms. The first-order valence-electron chi connectivity index (χ1n) is 5.89. The fourth-order valence-electron chi connectivity index (χ4n) is 1.55. The number of aromatic nitrogens is 2. The second kappa shape index (κ2) is 5.84. The van der Waals surface area contributed by atoms with E-state index in [1.165, 1.54) is 18.3 Å². The lowest BCUT2D eigenvalue weighted by atomic mass is 10.2. The summed E-state index contributed by atoms with van der Waals surface area (Å²) >= 11 is 6.03. The maximum atomic E-state index is 13.2. The molecule has 0 saturated carbocycles. The van der Waals surface area contributed by atoms with Gasteiger partial charge in [-0.25, -0.2) is 9.37 Å². The summed E-state index contributed by atoms with van der Waals surface area (Å²) in [5, 5.41) is 6.39. The highest BCUT2D eigenvalue weighted by atomic mass is 35.5. The molecule has 1 aromatic heterocycles. The van der Waals surface area contributed by atoms with Crippen molar-refractivity contribution in [3.63, 3.8) is 0 Å².